The Morgan fingerprint density at radius 2 is 1.77 bits per heavy atom. The van der Waals surface area contributed by atoms with Crippen LogP contribution >= 0.6 is 0 Å². The second kappa shape index (κ2) is 8.23. The second-order valence-electron chi connectivity index (χ2n) is 7.46. The molecular weight excluding hydrogens is 401 g/mol. The normalized spacial score (nSPS) is 12.6. The van der Waals surface area contributed by atoms with E-state index in [1.807, 2.05) is 42.5 Å². The number of nitriles is 1. The summed E-state index contributed by atoms with van der Waals surface area (Å²) in [6, 6.07) is 20.7. The molecule has 0 aliphatic heterocycles. The van der Waals surface area contributed by atoms with Crippen molar-refractivity contribution >= 4 is 11.2 Å². The number of hydrogen-bond donors (Lipinski definition) is 0. The summed E-state index contributed by atoms with van der Waals surface area (Å²) in [5.74, 6) is -1.15. The molecule has 0 N–H and O–H groups in total. The lowest BCUT2D eigenvalue weighted by atomic mass is 9.99. The Morgan fingerprint density at radius 1 is 1.03 bits per heavy atom. The zero-order chi connectivity index (χ0) is 22.0. The van der Waals surface area contributed by atoms with Crippen molar-refractivity contribution in [2.45, 2.75) is 26.1 Å². The number of hydrogen-bond acceptors (Lipinski definition) is 3. The molecular formula is C24H19F3N4. The van der Waals surface area contributed by atoms with Crippen LogP contribution in [0.15, 0.2) is 66.9 Å². The summed E-state index contributed by atoms with van der Waals surface area (Å²) in [5.41, 5.74) is 4.37. The van der Waals surface area contributed by atoms with E-state index in [0.29, 0.717) is 29.1 Å². The summed E-state index contributed by atoms with van der Waals surface area (Å²) < 4.78 is 41.2. The van der Waals surface area contributed by atoms with Crippen molar-refractivity contribution in [3.8, 4) is 17.2 Å². The van der Waals surface area contributed by atoms with Crippen LogP contribution in [0.4, 0.5) is 13.2 Å². The Balaban J connectivity index is 1.67. The van der Waals surface area contributed by atoms with E-state index >= 15 is 0 Å². The highest BCUT2D eigenvalue weighted by Crippen LogP contribution is 2.30. The molecule has 1 atom stereocenters. The highest BCUT2D eigenvalue weighted by molar-refractivity contribution is 5.72. The first-order valence-corrected chi connectivity index (χ1v) is 9.82. The molecule has 31 heavy (non-hydrogen) atoms. The lowest BCUT2D eigenvalue weighted by Gasteiger charge is -2.16. The Labute approximate surface area is 177 Å². The van der Waals surface area contributed by atoms with Crippen molar-refractivity contribution in [2.24, 2.45) is 5.92 Å². The lowest BCUT2D eigenvalue weighted by Crippen LogP contribution is -2.23. The number of aromatic nitrogens is 3. The molecule has 0 bridgehead atoms. The fourth-order valence-corrected chi connectivity index (χ4v) is 3.52. The van der Waals surface area contributed by atoms with Gasteiger partial charge < -0.3 is 4.57 Å². The van der Waals surface area contributed by atoms with Gasteiger partial charge in [-0.3, -0.25) is 0 Å². The molecule has 0 radical (unpaired) electrons. The van der Waals surface area contributed by atoms with Crippen LogP contribution in [0.3, 0.4) is 0 Å². The zero-order valence-corrected chi connectivity index (χ0v) is 16.8. The Bertz CT molecular complexity index is 1250. The standard InChI is InChI=1S/C24H19F3N4/c1-16(24(25,26)27)13-22-30-21-7-4-12-29-23(21)31(22)15-17-8-10-18(11-9-17)20-6-3-2-5-19(20)14-28/h2-12,16H,13,15H2,1H3. The molecule has 1 unspecified atom stereocenters. The molecule has 7 heteroatoms. The minimum Gasteiger partial charge on any atom is -0.308 e. The molecule has 156 valence electrons. The van der Waals surface area contributed by atoms with Crippen molar-refractivity contribution in [1.82, 2.24) is 14.5 Å². The predicted molar refractivity (Wildman–Crippen MR) is 112 cm³/mol. The van der Waals surface area contributed by atoms with Gasteiger partial charge in [0.25, 0.3) is 0 Å². The molecule has 0 spiro atoms. The molecule has 4 nitrogen and oxygen atoms in total. The monoisotopic (exact) mass is 420 g/mol. The van der Waals surface area contributed by atoms with E-state index in [-0.39, 0.29) is 6.42 Å². The van der Waals surface area contributed by atoms with E-state index in [0.717, 1.165) is 16.7 Å². The maximum Gasteiger partial charge on any atom is 0.391 e. The minimum atomic E-state index is -4.29. The van der Waals surface area contributed by atoms with Crippen molar-refractivity contribution in [3.63, 3.8) is 0 Å². The molecule has 0 aliphatic rings. The number of rotatable bonds is 5. The summed E-state index contributed by atoms with van der Waals surface area (Å²) >= 11 is 0. The van der Waals surface area contributed by atoms with E-state index in [2.05, 4.69) is 16.0 Å². The lowest BCUT2D eigenvalue weighted by molar-refractivity contribution is -0.169. The van der Waals surface area contributed by atoms with Gasteiger partial charge in [0.1, 0.15) is 11.3 Å². The van der Waals surface area contributed by atoms with Crippen molar-refractivity contribution in [1.29, 1.82) is 5.26 Å². The van der Waals surface area contributed by atoms with Gasteiger partial charge in [-0.05, 0) is 34.9 Å². The Morgan fingerprint density at radius 3 is 2.48 bits per heavy atom. The van der Waals surface area contributed by atoms with E-state index in [4.69, 9.17) is 0 Å². The molecule has 0 amide bonds. The van der Waals surface area contributed by atoms with Gasteiger partial charge in [-0.1, -0.05) is 49.4 Å². The van der Waals surface area contributed by atoms with Gasteiger partial charge in [-0.15, -0.1) is 0 Å². The van der Waals surface area contributed by atoms with Gasteiger partial charge in [0.05, 0.1) is 24.1 Å². The molecule has 2 heterocycles. The van der Waals surface area contributed by atoms with Gasteiger partial charge >= 0.3 is 6.18 Å². The van der Waals surface area contributed by atoms with Crippen molar-refractivity contribution < 1.29 is 13.2 Å². The van der Waals surface area contributed by atoms with Crippen LogP contribution in [0, 0.1) is 17.2 Å². The van der Waals surface area contributed by atoms with E-state index in [1.54, 1.807) is 29.0 Å². The topological polar surface area (TPSA) is 54.5 Å². The minimum absolute atomic E-state index is 0.215. The van der Waals surface area contributed by atoms with Crippen LogP contribution in [0.2, 0.25) is 0 Å². The first-order chi connectivity index (χ1) is 14.9. The zero-order valence-electron chi connectivity index (χ0n) is 16.8. The quantitative estimate of drug-likeness (QED) is 0.413. The number of fused-ring (bicyclic) bond motifs is 1. The molecule has 0 saturated heterocycles. The molecule has 0 saturated carbocycles. The fourth-order valence-electron chi connectivity index (χ4n) is 3.52. The van der Waals surface area contributed by atoms with Crippen molar-refractivity contribution in [3.05, 3.63) is 83.8 Å². The molecule has 2 aromatic heterocycles. The highest BCUT2D eigenvalue weighted by Gasteiger charge is 2.37. The number of alkyl halides is 3. The van der Waals surface area contributed by atoms with Gasteiger partial charge in [-0.2, -0.15) is 18.4 Å². The summed E-state index contributed by atoms with van der Waals surface area (Å²) in [6.07, 6.45) is -2.89. The maximum atomic E-state index is 13.1. The van der Waals surface area contributed by atoms with Gasteiger partial charge in [0.15, 0.2) is 5.65 Å². The molecule has 4 rings (SSSR count). The first-order valence-electron chi connectivity index (χ1n) is 9.82. The summed E-state index contributed by atoms with van der Waals surface area (Å²) in [7, 11) is 0. The van der Waals surface area contributed by atoms with Gasteiger partial charge in [-0.25, -0.2) is 9.97 Å². The van der Waals surface area contributed by atoms with E-state index < -0.39 is 12.1 Å². The maximum absolute atomic E-state index is 13.1. The number of benzene rings is 2. The van der Waals surface area contributed by atoms with Crippen LogP contribution in [-0.4, -0.2) is 20.7 Å². The van der Waals surface area contributed by atoms with Crippen molar-refractivity contribution in [2.75, 3.05) is 0 Å². The SMILES string of the molecule is CC(Cc1nc2cccnc2n1Cc1ccc(-c2ccccc2C#N)cc1)C(F)(F)F. The molecule has 0 aliphatic carbocycles. The number of pyridine rings is 1. The highest BCUT2D eigenvalue weighted by atomic mass is 19.4. The summed E-state index contributed by atoms with van der Waals surface area (Å²) in [5, 5.41) is 9.32. The van der Waals surface area contributed by atoms with Crippen LogP contribution in [0.1, 0.15) is 23.9 Å². The van der Waals surface area contributed by atoms with E-state index in [1.165, 1.54) is 6.92 Å². The number of halogens is 3. The van der Waals surface area contributed by atoms with Gasteiger partial charge in [0, 0.05) is 12.6 Å². The average Bonchev–Trinajstić information content (AvgIpc) is 3.10. The Kier molecular flexibility index (Phi) is 5.47. The fraction of sp³-hybridized carbons (Fsp3) is 0.208. The number of nitrogens with zero attached hydrogens (tertiary/aromatic N) is 4. The third-order valence-corrected chi connectivity index (χ3v) is 5.28. The summed E-state index contributed by atoms with van der Waals surface area (Å²) in [4.78, 5) is 8.75. The Hall–Kier alpha value is -3.66. The van der Waals surface area contributed by atoms with E-state index in [9.17, 15) is 18.4 Å². The van der Waals surface area contributed by atoms with Crippen LogP contribution in [-0.2, 0) is 13.0 Å². The predicted octanol–water partition coefficient (Wildman–Crippen LogP) is 5.76. The van der Waals surface area contributed by atoms with Crippen LogP contribution in [0.5, 0.6) is 0 Å². The molecule has 4 aromatic rings. The van der Waals surface area contributed by atoms with Gasteiger partial charge in [0.2, 0.25) is 0 Å². The largest absolute Gasteiger partial charge is 0.391 e. The third-order valence-electron chi connectivity index (χ3n) is 5.28. The molecule has 0 fully saturated rings. The number of imidazole rings is 1. The summed E-state index contributed by atoms with van der Waals surface area (Å²) in [6.45, 7) is 1.52. The molecule has 2 aromatic carbocycles. The second-order valence-corrected chi connectivity index (χ2v) is 7.46. The van der Waals surface area contributed by atoms with Crippen LogP contribution < -0.4 is 0 Å². The average molecular weight is 420 g/mol. The third kappa shape index (κ3) is 4.29. The first kappa shape index (κ1) is 20.6. The van der Waals surface area contributed by atoms with Crippen LogP contribution in [0.25, 0.3) is 22.3 Å². The smallest absolute Gasteiger partial charge is 0.308 e.